The van der Waals surface area contributed by atoms with Crippen LogP contribution in [-0.4, -0.2) is 29.7 Å². The molecule has 1 aromatic carbocycles. The van der Waals surface area contributed by atoms with E-state index < -0.39 is 11.6 Å². The van der Waals surface area contributed by atoms with E-state index in [0.717, 1.165) is 42.2 Å². The minimum atomic E-state index is -0.919. The first-order valence-corrected chi connectivity index (χ1v) is 8.67. The first-order chi connectivity index (χ1) is 12.7. The van der Waals surface area contributed by atoms with Gasteiger partial charge in [-0.2, -0.15) is 0 Å². The molecule has 0 amide bonds. The van der Waals surface area contributed by atoms with Gasteiger partial charge in [0.1, 0.15) is 11.4 Å². The van der Waals surface area contributed by atoms with Crippen molar-refractivity contribution < 1.29 is 13.5 Å². The molecule has 2 N–H and O–H groups in total. The van der Waals surface area contributed by atoms with Crippen LogP contribution >= 0.6 is 0 Å². The van der Waals surface area contributed by atoms with Crippen molar-refractivity contribution in [3.05, 3.63) is 53.9 Å². The van der Waals surface area contributed by atoms with Gasteiger partial charge in [-0.15, -0.1) is 0 Å². The number of nitrogens with zero attached hydrogens (tertiary/aromatic N) is 1. The molecule has 1 aliphatic rings. The van der Waals surface area contributed by atoms with E-state index in [1.807, 2.05) is 13.0 Å². The third-order valence-corrected chi connectivity index (χ3v) is 4.55. The largest absolute Gasteiger partial charge is 0.493 e. The van der Waals surface area contributed by atoms with Crippen molar-refractivity contribution in [1.82, 2.24) is 15.3 Å². The molecule has 4 nitrogen and oxygen atoms in total. The molecule has 0 bridgehead atoms. The Bertz CT molecular complexity index is 994. The molecule has 0 unspecified atom stereocenters. The van der Waals surface area contributed by atoms with Crippen LogP contribution in [-0.2, 0) is 0 Å². The highest BCUT2D eigenvalue weighted by molar-refractivity contribution is 5.96. The molecule has 6 heteroatoms. The summed E-state index contributed by atoms with van der Waals surface area (Å²) in [6.07, 6.45) is 4.74. The van der Waals surface area contributed by atoms with Crippen LogP contribution in [0, 0.1) is 11.6 Å². The zero-order chi connectivity index (χ0) is 18.1. The Morgan fingerprint density at radius 3 is 2.77 bits per heavy atom. The highest BCUT2D eigenvalue weighted by atomic mass is 19.2. The Balaban J connectivity index is 1.88. The molecule has 0 fully saturated rings. The van der Waals surface area contributed by atoms with E-state index in [1.54, 1.807) is 12.3 Å². The first-order valence-electron chi connectivity index (χ1n) is 8.67. The third kappa shape index (κ3) is 2.97. The molecule has 0 radical (unpaired) electrons. The topological polar surface area (TPSA) is 49.9 Å². The third-order valence-electron chi connectivity index (χ3n) is 4.55. The maximum absolute atomic E-state index is 13.9. The number of fused-ring (bicyclic) bond motifs is 1. The SMILES string of the molecule is CCOc1cc(F)c(F)cc1-c1ccnc2[nH]c(C3=CCNCC3)cc12. The van der Waals surface area contributed by atoms with Crippen LogP contribution in [0.1, 0.15) is 19.0 Å². The molecule has 0 saturated carbocycles. The van der Waals surface area contributed by atoms with Gasteiger partial charge < -0.3 is 15.0 Å². The van der Waals surface area contributed by atoms with Gasteiger partial charge in [-0.25, -0.2) is 13.8 Å². The summed E-state index contributed by atoms with van der Waals surface area (Å²) in [6, 6.07) is 6.10. The highest BCUT2D eigenvalue weighted by Crippen LogP contribution is 2.37. The lowest BCUT2D eigenvalue weighted by Crippen LogP contribution is -2.20. The molecule has 3 aromatic rings. The number of pyridine rings is 1. The van der Waals surface area contributed by atoms with Gasteiger partial charge in [0.2, 0.25) is 0 Å². The first kappa shape index (κ1) is 16.7. The number of aromatic nitrogens is 2. The molecule has 0 aliphatic carbocycles. The zero-order valence-corrected chi connectivity index (χ0v) is 14.4. The fraction of sp³-hybridized carbons (Fsp3) is 0.250. The fourth-order valence-corrected chi connectivity index (χ4v) is 3.32. The quantitative estimate of drug-likeness (QED) is 0.734. The fourth-order valence-electron chi connectivity index (χ4n) is 3.32. The number of hydrogen-bond acceptors (Lipinski definition) is 3. The second-order valence-corrected chi connectivity index (χ2v) is 6.18. The lowest BCUT2D eigenvalue weighted by molar-refractivity contribution is 0.338. The van der Waals surface area contributed by atoms with E-state index in [-0.39, 0.29) is 0 Å². The standard InChI is InChI=1S/C20H19F2N3O/c1-2-26-19-11-17(22)16(21)9-14(19)13-5-8-24-20-15(13)10-18(25-20)12-3-6-23-7-4-12/h3,5,8-11,23H,2,4,6-7H2,1H3,(H,24,25). The number of halogens is 2. The van der Waals surface area contributed by atoms with Gasteiger partial charge in [0.25, 0.3) is 0 Å². The average molecular weight is 355 g/mol. The van der Waals surface area contributed by atoms with Crippen molar-refractivity contribution in [2.24, 2.45) is 0 Å². The summed E-state index contributed by atoms with van der Waals surface area (Å²) in [6.45, 7) is 3.94. The average Bonchev–Trinajstić information content (AvgIpc) is 3.10. The van der Waals surface area contributed by atoms with E-state index >= 15 is 0 Å². The zero-order valence-electron chi connectivity index (χ0n) is 14.4. The summed E-state index contributed by atoms with van der Waals surface area (Å²) in [5.41, 5.74) is 4.21. The summed E-state index contributed by atoms with van der Waals surface area (Å²) in [7, 11) is 0. The van der Waals surface area contributed by atoms with Crippen molar-refractivity contribution in [3.8, 4) is 16.9 Å². The molecule has 26 heavy (non-hydrogen) atoms. The molecule has 4 rings (SSSR count). The second kappa shape index (κ2) is 6.88. The van der Waals surface area contributed by atoms with Gasteiger partial charge in [0, 0.05) is 35.5 Å². The monoisotopic (exact) mass is 355 g/mol. The number of H-pyrrole nitrogens is 1. The van der Waals surface area contributed by atoms with Crippen LogP contribution < -0.4 is 10.1 Å². The van der Waals surface area contributed by atoms with E-state index in [4.69, 9.17) is 4.74 Å². The smallest absolute Gasteiger partial charge is 0.162 e. The van der Waals surface area contributed by atoms with Gasteiger partial charge in [-0.3, -0.25) is 0 Å². The van der Waals surface area contributed by atoms with Gasteiger partial charge >= 0.3 is 0 Å². The van der Waals surface area contributed by atoms with Crippen molar-refractivity contribution in [1.29, 1.82) is 0 Å². The van der Waals surface area contributed by atoms with Crippen LogP contribution in [0.2, 0.25) is 0 Å². The predicted octanol–water partition coefficient (Wildman–Crippen LogP) is 4.28. The van der Waals surface area contributed by atoms with Gasteiger partial charge in [0.05, 0.1) is 6.61 Å². The minimum Gasteiger partial charge on any atom is -0.493 e. The summed E-state index contributed by atoms with van der Waals surface area (Å²) in [5, 5.41) is 4.14. The number of rotatable bonds is 4. The molecule has 2 aromatic heterocycles. The maximum atomic E-state index is 13.9. The van der Waals surface area contributed by atoms with E-state index in [0.29, 0.717) is 23.6 Å². The Kier molecular flexibility index (Phi) is 4.42. The molecular formula is C20H19F2N3O. The molecule has 134 valence electrons. The van der Waals surface area contributed by atoms with Crippen molar-refractivity contribution >= 4 is 16.6 Å². The lowest BCUT2D eigenvalue weighted by atomic mass is 10.0. The van der Waals surface area contributed by atoms with Crippen LogP contribution in [0.5, 0.6) is 5.75 Å². The lowest BCUT2D eigenvalue weighted by Gasteiger charge is -2.12. The Labute approximate surface area is 149 Å². The Morgan fingerprint density at radius 2 is 2.00 bits per heavy atom. The normalized spacial score (nSPS) is 14.5. The second-order valence-electron chi connectivity index (χ2n) is 6.18. The van der Waals surface area contributed by atoms with E-state index in [1.165, 1.54) is 11.6 Å². The molecule has 0 spiro atoms. The Hall–Kier alpha value is -2.73. The molecule has 3 heterocycles. The van der Waals surface area contributed by atoms with Gasteiger partial charge in [-0.1, -0.05) is 6.08 Å². The maximum Gasteiger partial charge on any atom is 0.162 e. The van der Waals surface area contributed by atoms with Gasteiger partial charge in [-0.05, 0) is 49.2 Å². The van der Waals surface area contributed by atoms with Crippen molar-refractivity contribution in [3.63, 3.8) is 0 Å². The molecular weight excluding hydrogens is 336 g/mol. The van der Waals surface area contributed by atoms with Crippen LogP contribution in [0.15, 0.2) is 36.5 Å². The number of nitrogens with one attached hydrogen (secondary N) is 2. The van der Waals surface area contributed by atoms with Gasteiger partial charge in [0.15, 0.2) is 11.6 Å². The molecule has 0 saturated heterocycles. The summed E-state index contributed by atoms with van der Waals surface area (Å²) >= 11 is 0. The Morgan fingerprint density at radius 1 is 1.15 bits per heavy atom. The minimum absolute atomic E-state index is 0.322. The summed E-state index contributed by atoms with van der Waals surface area (Å²) in [5.74, 6) is -1.50. The summed E-state index contributed by atoms with van der Waals surface area (Å²) in [4.78, 5) is 7.73. The van der Waals surface area contributed by atoms with E-state index in [9.17, 15) is 8.78 Å². The van der Waals surface area contributed by atoms with Crippen molar-refractivity contribution in [2.75, 3.05) is 19.7 Å². The van der Waals surface area contributed by atoms with E-state index in [2.05, 4.69) is 21.4 Å². The predicted molar refractivity (Wildman–Crippen MR) is 98.1 cm³/mol. The van der Waals surface area contributed by atoms with Crippen LogP contribution in [0.3, 0.4) is 0 Å². The van der Waals surface area contributed by atoms with Crippen LogP contribution in [0.4, 0.5) is 8.78 Å². The number of aromatic amines is 1. The van der Waals surface area contributed by atoms with Crippen LogP contribution in [0.25, 0.3) is 27.7 Å². The number of ether oxygens (including phenoxy) is 1. The number of benzene rings is 1. The number of hydrogen-bond donors (Lipinski definition) is 2. The molecule has 0 atom stereocenters. The summed E-state index contributed by atoms with van der Waals surface area (Å²) < 4.78 is 33.1. The highest BCUT2D eigenvalue weighted by Gasteiger charge is 2.17. The molecule has 1 aliphatic heterocycles. The van der Waals surface area contributed by atoms with Crippen molar-refractivity contribution in [2.45, 2.75) is 13.3 Å².